The molecule has 0 saturated carbocycles. The average molecular weight is 488 g/mol. The van der Waals surface area contributed by atoms with Crippen molar-refractivity contribution in [1.82, 2.24) is 13.4 Å². The molecule has 172 valence electrons. The number of ether oxygens (including phenoxy) is 1. The van der Waals surface area contributed by atoms with Crippen molar-refractivity contribution in [3.63, 3.8) is 0 Å². The highest BCUT2D eigenvalue weighted by molar-refractivity contribution is 7.88. The molecule has 0 aliphatic carbocycles. The molecule has 0 N–H and O–H groups in total. The predicted octanol–water partition coefficient (Wildman–Crippen LogP) is 2.35. The number of nitrogens with zero attached hydrogens (tertiary/aromatic N) is 3. The second-order valence-corrected chi connectivity index (χ2v) is 9.14. The first kappa shape index (κ1) is 24.9. The van der Waals surface area contributed by atoms with Crippen LogP contribution in [0.25, 0.3) is 5.69 Å². The van der Waals surface area contributed by atoms with Crippen LogP contribution < -0.4 is 16.0 Å². The minimum absolute atomic E-state index is 0.137. The molecule has 0 atom stereocenters. The number of sulfonamides is 1. The van der Waals surface area contributed by atoms with Crippen molar-refractivity contribution in [2.75, 3.05) is 13.0 Å². The number of hydrogen-bond donors (Lipinski definition) is 0. The Hall–Kier alpha value is -2.38. The summed E-state index contributed by atoms with van der Waals surface area (Å²) in [4.78, 5) is 24.6. The van der Waals surface area contributed by atoms with Crippen molar-refractivity contribution >= 4 is 21.6 Å². The second kappa shape index (κ2) is 8.63. The Morgan fingerprint density at radius 2 is 1.77 bits per heavy atom. The van der Waals surface area contributed by atoms with Gasteiger partial charge in [0.05, 0.1) is 10.7 Å². The third-order valence-corrected chi connectivity index (χ3v) is 6.39. The van der Waals surface area contributed by atoms with E-state index in [2.05, 4.69) is 0 Å². The Kier molecular flexibility index (Phi) is 6.93. The van der Waals surface area contributed by atoms with Crippen LogP contribution in [-0.2, 0) is 23.2 Å². The molecule has 8 nitrogen and oxygen atoms in total. The Labute approximate surface area is 179 Å². The molecule has 2 aromatic rings. The molecular formula is C17H18ClF4N3O5S. The molecule has 0 bridgehead atoms. The third-order valence-electron chi connectivity index (χ3n) is 4.38. The van der Waals surface area contributed by atoms with Crippen LogP contribution in [0.4, 0.5) is 17.6 Å². The smallest absolute Gasteiger partial charge is 0.431 e. The summed E-state index contributed by atoms with van der Waals surface area (Å²) in [6, 6.07) is 1.16. The van der Waals surface area contributed by atoms with Gasteiger partial charge in [-0.1, -0.05) is 11.6 Å². The van der Waals surface area contributed by atoms with Crippen LogP contribution in [0.3, 0.4) is 0 Å². The van der Waals surface area contributed by atoms with E-state index in [1.807, 2.05) is 0 Å². The normalized spacial score (nSPS) is 12.6. The highest BCUT2D eigenvalue weighted by Gasteiger charge is 2.35. The topological polar surface area (TPSA) is 90.6 Å². The van der Waals surface area contributed by atoms with Gasteiger partial charge in [-0.3, -0.25) is 9.36 Å². The first-order chi connectivity index (χ1) is 14.1. The minimum atomic E-state index is -4.99. The molecule has 0 aliphatic rings. The number of hydrogen-bond acceptors (Lipinski definition) is 5. The zero-order valence-corrected chi connectivity index (χ0v) is 18.3. The summed E-state index contributed by atoms with van der Waals surface area (Å²) in [6.07, 6.45) is -4.99. The summed E-state index contributed by atoms with van der Waals surface area (Å²) in [5, 5.41) is -0.375. The Morgan fingerprint density at radius 3 is 2.29 bits per heavy atom. The van der Waals surface area contributed by atoms with Crippen molar-refractivity contribution in [3.8, 4) is 11.4 Å². The molecule has 31 heavy (non-hydrogen) atoms. The summed E-state index contributed by atoms with van der Waals surface area (Å²) in [6.45, 7) is 3.24. The highest BCUT2D eigenvalue weighted by atomic mass is 35.5. The summed E-state index contributed by atoms with van der Waals surface area (Å²) < 4.78 is 84.3. The lowest BCUT2D eigenvalue weighted by Crippen LogP contribution is -2.41. The summed E-state index contributed by atoms with van der Waals surface area (Å²) >= 11 is 5.86. The molecule has 0 radical (unpaired) electrons. The first-order valence-electron chi connectivity index (χ1n) is 8.56. The predicted molar refractivity (Wildman–Crippen MR) is 105 cm³/mol. The van der Waals surface area contributed by atoms with Gasteiger partial charge in [-0.05, 0) is 19.9 Å². The molecule has 2 rings (SSSR count). The fourth-order valence-electron chi connectivity index (χ4n) is 2.46. The third kappa shape index (κ3) is 5.10. The number of benzene rings is 1. The van der Waals surface area contributed by atoms with Crippen LogP contribution in [0.2, 0.25) is 5.02 Å². The lowest BCUT2D eigenvalue weighted by Gasteiger charge is -2.21. The van der Waals surface area contributed by atoms with Crippen LogP contribution >= 0.6 is 11.6 Å². The molecule has 0 amide bonds. The van der Waals surface area contributed by atoms with Gasteiger partial charge in [-0.25, -0.2) is 22.2 Å². The molecule has 0 spiro atoms. The maximum Gasteiger partial charge on any atom is 0.431 e. The Balaban J connectivity index is 2.58. The van der Waals surface area contributed by atoms with Crippen molar-refractivity contribution in [3.05, 3.63) is 55.6 Å². The zero-order chi connectivity index (χ0) is 23.9. The molecule has 0 aliphatic heterocycles. The van der Waals surface area contributed by atoms with Gasteiger partial charge >= 0.3 is 11.9 Å². The molecule has 1 heterocycles. The van der Waals surface area contributed by atoms with Gasteiger partial charge in [0.1, 0.15) is 17.3 Å². The molecule has 1 aromatic carbocycles. The molecule has 0 unspecified atom stereocenters. The molecule has 14 heteroatoms. The van der Waals surface area contributed by atoms with Gasteiger partial charge in [0.15, 0.2) is 0 Å². The number of alkyl halides is 3. The van der Waals surface area contributed by atoms with E-state index in [0.29, 0.717) is 6.07 Å². The standard InChI is InChI=1S/C17H18ClF4N3O5S/c1-9(2)24(4)31(28,29)8-30-13-6-12(11(19)5-10(13)18)25-15(26)7-14(17(20,21)22)23(3)16(25)27/h5-7,9H,8H2,1-4H3. The van der Waals surface area contributed by atoms with E-state index in [4.69, 9.17) is 16.3 Å². The number of rotatable bonds is 6. The van der Waals surface area contributed by atoms with Crippen molar-refractivity contribution < 1.29 is 30.7 Å². The monoisotopic (exact) mass is 487 g/mol. The molecule has 1 aromatic heterocycles. The van der Waals surface area contributed by atoms with Gasteiger partial charge in [0.25, 0.3) is 5.56 Å². The first-order valence-corrected chi connectivity index (χ1v) is 10.5. The van der Waals surface area contributed by atoms with Gasteiger partial charge in [-0.2, -0.15) is 17.5 Å². The van der Waals surface area contributed by atoms with Crippen LogP contribution in [0.5, 0.6) is 5.75 Å². The number of aromatic nitrogens is 2. The van der Waals surface area contributed by atoms with Crippen LogP contribution in [0, 0.1) is 5.82 Å². The van der Waals surface area contributed by atoms with Crippen LogP contribution in [0.1, 0.15) is 19.5 Å². The quantitative estimate of drug-likeness (QED) is 0.583. The van der Waals surface area contributed by atoms with E-state index in [1.165, 1.54) is 7.05 Å². The van der Waals surface area contributed by atoms with E-state index in [9.17, 15) is 35.6 Å². The van der Waals surface area contributed by atoms with Crippen molar-refractivity contribution in [1.29, 1.82) is 0 Å². The average Bonchev–Trinajstić information content (AvgIpc) is 2.63. The van der Waals surface area contributed by atoms with Gasteiger partial charge in [0, 0.05) is 32.3 Å². The second-order valence-electron chi connectivity index (χ2n) is 6.76. The molecule has 0 fully saturated rings. The van der Waals surface area contributed by atoms with E-state index in [0.717, 1.165) is 17.4 Å². The SMILES string of the molecule is CC(C)N(C)S(=O)(=O)COc1cc(-n2c(=O)cc(C(F)(F)F)n(C)c2=O)c(F)cc1Cl. The Morgan fingerprint density at radius 1 is 1.19 bits per heavy atom. The van der Waals surface area contributed by atoms with Gasteiger partial charge < -0.3 is 4.74 Å². The van der Waals surface area contributed by atoms with Gasteiger partial charge in [0.2, 0.25) is 16.0 Å². The van der Waals surface area contributed by atoms with Gasteiger partial charge in [-0.15, -0.1) is 0 Å². The maximum atomic E-state index is 14.5. The fourth-order valence-corrected chi connectivity index (χ4v) is 3.75. The van der Waals surface area contributed by atoms with E-state index < -0.39 is 56.3 Å². The lowest BCUT2D eigenvalue weighted by atomic mass is 10.2. The largest absolute Gasteiger partial charge is 0.475 e. The molecule has 0 saturated heterocycles. The van der Waals surface area contributed by atoms with Crippen molar-refractivity contribution in [2.24, 2.45) is 7.05 Å². The minimum Gasteiger partial charge on any atom is -0.475 e. The number of halogens is 5. The fraction of sp³-hybridized carbons (Fsp3) is 0.412. The summed E-state index contributed by atoms with van der Waals surface area (Å²) in [5.41, 5.74) is -5.20. The van der Waals surface area contributed by atoms with Crippen molar-refractivity contribution in [2.45, 2.75) is 26.1 Å². The van der Waals surface area contributed by atoms with Crippen LogP contribution in [-0.4, -0.2) is 40.9 Å². The van der Waals surface area contributed by atoms with Crippen LogP contribution in [0.15, 0.2) is 27.8 Å². The summed E-state index contributed by atoms with van der Waals surface area (Å²) in [7, 11) is -1.83. The van der Waals surface area contributed by atoms with E-state index >= 15 is 0 Å². The zero-order valence-electron chi connectivity index (χ0n) is 16.7. The Bertz CT molecular complexity index is 1220. The summed E-state index contributed by atoms with van der Waals surface area (Å²) in [5.74, 6) is -2.50. The van der Waals surface area contributed by atoms with E-state index in [1.54, 1.807) is 13.8 Å². The maximum absolute atomic E-state index is 14.5. The van der Waals surface area contributed by atoms with E-state index in [-0.39, 0.29) is 26.3 Å². The highest BCUT2D eigenvalue weighted by Crippen LogP contribution is 2.30. The lowest BCUT2D eigenvalue weighted by molar-refractivity contribution is -0.144. The molecular weight excluding hydrogens is 470 g/mol.